The van der Waals surface area contributed by atoms with Gasteiger partial charge in [0.1, 0.15) is 18.1 Å². The molecule has 0 spiro atoms. The molecule has 0 radical (unpaired) electrons. The van der Waals surface area contributed by atoms with Gasteiger partial charge in [-0.15, -0.1) is 0 Å². The second kappa shape index (κ2) is 9.41. The number of amides is 1. The summed E-state index contributed by atoms with van der Waals surface area (Å²) in [5, 5.41) is 7.15. The molecule has 0 saturated carbocycles. The number of anilines is 1. The number of nitrogens with one attached hydrogen (secondary N) is 1. The summed E-state index contributed by atoms with van der Waals surface area (Å²) in [6.45, 7) is 4.56. The summed E-state index contributed by atoms with van der Waals surface area (Å²) < 4.78 is 6.40. The zero-order chi connectivity index (χ0) is 20.8. The Balaban J connectivity index is 1.32. The molecule has 0 atom stereocenters. The maximum atomic E-state index is 12.2. The van der Waals surface area contributed by atoms with Crippen molar-refractivity contribution in [1.29, 1.82) is 0 Å². The first-order chi connectivity index (χ1) is 14.7. The molecule has 156 valence electrons. The van der Waals surface area contributed by atoms with Crippen LogP contribution in [0.2, 0.25) is 0 Å². The largest absolute Gasteiger partial charge is 0.467 e. The Bertz CT molecular complexity index is 1010. The molecule has 8 heteroatoms. The van der Waals surface area contributed by atoms with Gasteiger partial charge in [0.05, 0.1) is 12.8 Å². The summed E-state index contributed by atoms with van der Waals surface area (Å²) >= 11 is 0. The van der Waals surface area contributed by atoms with E-state index < -0.39 is 0 Å². The molecule has 3 heterocycles. The smallest absolute Gasteiger partial charge is 0.267 e. The van der Waals surface area contributed by atoms with Gasteiger partial charge in [-0.25, -0.2) is 4.68 Å². The summed E-state index contributed by atoms with van der Waals surface area (Å²) in [4.78, 5) is 28.9. The second-order valence-electron chi connectivity index (χ2n) is 7.29. The SMILES string of the molecule is O=C(Cn1nc(N2CCN(Cc3ccccc3)CC2)ccc1=O)NCc1ccco1. The number of benzene rings is 1. The van der Waals surface area contributed by atoms with E-state index in [2.05, 4.69) is 44.5 Å². The van der Waals surface area contributed by atoms with Crippen LogP contribution in [-0.2, 0) is 24.4 Å². The molecule has 1 aliphatic heterocycles. The van der Waals surface area contributed by atoms with Gasteiger partial charge in [-0.1, -0.05) is 30.3 Å². The lowest BCUT2D eigenvalue weighted by Crippen LogP contribution is -2.46. The molecular weight excluding hydrogens is 382 g/mol. The Hall–Kier alpha value is -3.39. The monoisotopic (exact) mass is 407 g/mol. The van der Waals surface area contributed by atoms with E-state index in [1.165, 1.54) is 16.3 Å². The van der Waals surface area contributed by atoms with Crippen LogP contribution in [0.15, 0.2) is 70.1 Å². The fraction of sp³-hybridized carbons (Fsp3) is 0.318. The number of rotatable bonds is 7. The Morgan fingerprint density at radius 3 is 2.53 bits per heavy atom. The standard InChI is InChI=1S/C22H25N5O3/c28-21(23-15-19-7-4-14-30-19)17-27-22(29)9-8-20(24-27)26-12-10-25(11-13-26)16-18-5-2-1-3-6-18/h1-9,14H,10-13,15-17H2,(H,23,28). The van der Waals surface area contributed by atoms with E-state index in [4.69, 9.17) is 4.42 Å². The van der Waals surface area contributed by atoms with Gasteiger partial charge in [-0.2, -0.15) is 5.10 Å². The van der Waals surface area contributed by atoms with E-state index in [1.807, 2.05) is 6.07 Å². The van der Waals surface area contributed by atoms with Crippen molar-refractivity contribution in [2.45, 2.75) is 19.6 Å². The van der Waals surface area contributed by atoms with Gasteiger partial charge in [0.2, 0.25) is 5.91 Å². The van der Waals surface area contributed by atoms with Crippen LogP contribution in [0.4, 0.5) is 5.82 Å². The molecule has 1 amide bonds. The molecule has 0 unspecified atom stereocenters. The first-order valence-corrected chi connectivity index (χ1v) is 10.1. The molecule has 1 aliphatic rings. The van der Waals surface area contributed by atoms with Crippen molar-refractivity contribution in [3.8, 4) is 0 Å². The van der Waals surface area contributed by atoms with Crippen molar-refractivity contribution in [3.63, 3.8) is 0 Å². The number of piperazine rings is 1. The van der Waals surface area contributed by atoms with Crippen LogP contribution < -0.4 is 15.8 Å². The number of nitrogens with zero attached hydrogens (tertiary/aromatic N) is 4. The molecule has 4 rings (SSSR count). The van der Waals surface area contributed by atoms with Gasteiger partial charge in [0, 0.05) is 38.8 Å². The molecule has 1 aromatic carbocycles. The maximum Gasteiger partial charge on any atom is 0.267 e. The Morgan fingerprint density at radius 1 is 1.00 bits per heavy atom. The highest BCUT2D eigenvalue weighted by atomic mass is 16.3. The predicted molar refractivity (Wildman–Crippen MR) is 113 cm³/mol. The van der Waals surface area contributed by atoms with E-state index >= 15 is 0 Å². The number of aromatic nitrogens is 2. The highest BCUT2D eigenvalue weighted by molar-refractivity contribution is 5.75. The first kappa shape index (κ1) is 19.9. The third-order valence-corrected chi connectivity index (χ3v) is 5.13. The summed E-state index contributed by atoms with van der Waals surface area (Å²) in [6, 6.07) is 17.2. The van der Waals surface area contributed by atoms with E-state index in [9.17, 15) is 9.59 Å². The van der Waals surface area contributed by atoms with Crippen LogP contribution in [-0.4, -0.2) is 46.8 Å². The topological polar surface area (TPSA) is 83.6 Å². The van der Waals surface area contributed by atoms with Crippen LogP contribution in [0.25, 0.3) is 0 Å². The lowest BCUT2D eigenvalue weighted by Gasteiger charge is -2.35. The first-order valence-electron chi connectivity index (χ1n) is 10.1. The van der Waals surface area contributed by atoms with Crippen LogP contribution in [0.1, 0.15) is 11.3 Å². The molecule has 1 N–H and O–H groups in total. The molecule has 2 aromatic heterocycles. The molecule has 0 bridgehead atoms. The van der Waals surface area contributed by atoms with Gasteiger partial charge in [-0.3, -0.25) is 14.5 Å². The molecular formula is C22H25N5O3. The third kappa shape index (κ3) is 5.15. The van der Waals surface area contributed by atoms with Gasteiger partial charge < -0.3 is 14.6 Å². The van der Waals surface area contributed by atoms with E-state index in [0.717, 1.165) is 32.7 Å². The van der Waals surface area contributed by atoms with Gasteiger partial charge in [-0.05, 0) is 23.8 Å². The Morgan fingerprint density at radius 2 is 1.80 bits per heavy atom. The number of furan rings is 1. The van der Waals surface area contributed by atoms with Crippen molar-refractivity contribution < 1.29 is 9.21 Å². The minimum atomic E-state index is -0.297. The van der Waals surface area contributed by atoms with Gasteiger partial charge in [0.25, 0.3) is 5.56 Å². The summed E-state index contributed by atoms with van der Waals surface area (Å²) in [7, 11) is 0. The maximum absolute atomic E-state index is 12.2. The quantitative estimate of drug-likeness (QED) is 0.639. The molecule has 3 aromatic rings. The summed E-state index contributed by atoms with van der Waals surface area (Å²) in [5.41, 5.74) is 1.01. The van der Waals surface area contributed by atoms with Crippen molar-refractivity contribution in [3.05, 3.63) is 82.5 Å². The van der Waals surface area contributed by atoms with E-state index in [0.29, 0.717) is 11.6 Å². The number of carbonyl (C=O) groups excluding carboxylic acids is 1. The average molecular weight is 407 g/mol. The normalized spacial score (nSPS) is 14.6. The fourth-order valence-corrected chi connectivity index (χ4v) is 3.49. The zero-order valence-corrected chi connectivity index (χ0v) is 16.7. The lowest BCUT2D eigenvalue weighted by molar-refractivity contribution is -0.122. The van der Waals surface area contributed by atoms with Crippen molar-refractivity contribution in [2.24, 2.45) is 0 Å². The summed E-state index contributed by atoms with van der Waals surface area (Å²) in [5.74, 6) is 1.09. The second-order valence-corrected chi connectivity index (χ2v) is 7.29. The highest BCUT2D eigenvalue weighted by Gasteiger charge is 2.19. The lowest BCUT2D eigenvalue weighted by atomic mass is 10.2. The average Bonchev–Trinajstić information content (AvgIpc) is 3.29. The Labute approximate surface area is 174 Å². The predicted octanol–water partition coefficient (Wildman–Crippen LogP) is 1.47. The van der Waals surface area contributed by atoms with Gasteiger partial charge in [0.15, 0.2) is 0 Å². The highest BCUT2D eigenvalue weighted by Crippen LogP contribution is 2.14. The minimum Gasteiger partial charge on any atom is -0.467 e. The van der Waals surface area contributed by atoms with Crippen LogP contribution in [0, 0.1) is 0 Å². The summed E-state index contributed by atoms with van der Waals surface area (Å²) in [6.07, 6.45) is 1.55. The van der Waals surface area contributed by atoms with Crippen LogP contribution in [0.5, 0.6) is 0 Å². The molecule has 0 aliphatic carbocycles. The molecule has 1 fully saturated rings. The minimum absolute atomic E-state index is 0.124. The van der Waals surface area contributed by atoms with Crippen molar-refractivity contribution >= 4 is 11.7 Å². The van der Waals surface area contributed by atoms with Crippen molar-refractivity contribution in [2.75, 3.05) is 31.1 Å². The van der Waals surface area contributed by atoms with Crippen LogP contribution in [0.3, 0.4) is 0 Å². The zero-order valence-electron chi connectivity index (χ0n) is 16.7. The van der Waals surface area contributed by atoms with Crippen LogP contribution >= 0.6 is 0 Å². The number of carbonyl (C=O) groups is 1. The third-order valence-electron chi connectivity index (χ3n) is 5.13. The number of hydrogen-bond donors (Lipinski definition) is 1. The van der Waals surface area contributed by atoms with E-state index in [1.54, 1.807) is 24.5 Å². The Kier molecular flexibility index (Phi) is 6.24. The molecule has 8 nitrogen and oxygen atoms in total. The number of hydrogen-bond acceptors (Lipinski definition) is 6. The molecule has 30 heavy (non-hydrogen) atoms. The molecule has 1 saturated heterocycles. The van der Waals surface area contributed by atoms with Gasteiger partial charge >= 0.3 is 0 Å². The van der Waals surface area contributed by atoms with E-state index in [-0.39, 0.29) is 24.6 Å². The van der Waals surface area contributed by atoms with Crippen molar-refractivity contribution in [1.82, 2.24) is 20.0 Å². The fourth-order valence-electron chi connectivity index (χ4n) is 3.49.